The third-order valence-corrected chi connectivity index (χ3v) is 5.56. The van der Waals surface area contributed by atoms with E-state index < -0.39 is 8.56 Å². The average molecular weight is 217 g/mol. The SMILES string of the molecule is CCN(C=C[Si](CC)(OC)OC)CC. The van der Waals surface area contributed by atoms with Gasteiger partial charge in [0, 0.05) is 27.3 Å². The van der Waals surface area contributed by atoms with Crippen LogP contribution in [0, 0.1) is 0 Å². The molecule has 0 fully saturated rings. The quantitative estimate of drug-likeness (QED) is 0.610. The van der Waals surface area contributed by atoms with Crippen molar-refractivity contribution in [1.29, 1.82) is 0 Å². The van der Waals surface area contributed by atoms with Crippen LogP contribution in [-0.2, 0) is 8.85 Å². The highest BCUT2D eigenvalue weighted by molar-refractivity contribution is 6.72. The second-order valence-corrected chi connectivity index (χ2v) is 6.59. The Balaban J connectivity index is 4.40. The summed E-state index contributed by atoms with van der Waals surface area (Å²) < 4.78 is 11.0. The van der Waals surface area contributed by atoms with Crippen molar-refractivity contribution >= 4 is 8.56 Å². The van der Waals surface area contributed by atoms with Crippen LogP contribution in [0.4, 0.5) is 0 Å². The Bertz CT molecular complexity index is 157. The molecule has 0 heterocycles. The first-order valence-corrected chi connectivity index (χ1v) is 7.31. The summed E-state index contributed by atoms with van der Waals surface area (Å²) in [5.74, 6) is 0. The molecule has 0 N–H and O–H groups in total. The molecular formula is C10H23NO2Si. The summed E-state index contributed by atoms with van der Waals surface area (Å²) in [7, 11) is 1.42. The molecule has 0 spiro atoms. The third kappa shape index (κ3) is 3.82. The molecule has 0 unspecified atom stereocenters. The maximum atomic E-state index is 5.48. The van der Waals surface area contributed by atoms with Crippen LogP contribution in [0.15, 0.2) is 11.9 Å². The van der Waals surface area contributed by atoms with Crippen LogP contribution in [0.3, 0.4) is 0 Å². The highest BCUT2D eigenvalue weighted by atomic mass is 28.4. The van der Waals surface area contributed by atoms with Gasteiger partial charge in [-0.2, -0.15) is 0 Å². The first-order valence-electron chi connectivity index (χ1n) is 5.21. The normalized spacial score (nSPS) is 12.4. The van der Waals surface area contributed by atoms with Gasteiger partial charge in [-0.05, 0) is 31.8 Å². The molecule has 3 nitrogen and oxygen atoms in total. The standard InChI is InChI=1S/C10H23NO2Si/c1-6-11(7-2)9-10-14(8-3,12-4)13-5/h9-10H,6-8H2,1-5H3. The fourth-order valence-corrected chi connectivity index (χ4v) is 2.97. The van der Waals surface area contributed by atoms with Gasteiger partial charge in [0.25, 0.3) is 0 Å². The molecule has 0 saturated heterocycles. The van der Waals surface area contributed by atoms with Crippen LogP contribution < -0.4 is 0 Å². The van der Waals surface area contributed by atoms with Gasteiger partial charge >= 0.3 is 8.56 Å². The molecule has 0 amide bonds. The minimum atomic E-state index is -2.03. The van der Waals surface area contributed by atoms with E-state index in [1.54, 1.807) is 14.2 Å². The monoisotopic (exact) mass is 217 g/mol. The van der Waals surface area contributed by atoms with Gasteiger partial charge in [0.05, 0.1) is 0 Å². The van der Waals surface area contributed by atoms with Crippen LogP contribution in [0.5, 0.6) is 0 Å². The minimum absolute atomic E-state index is 0.942. The molecule has 0 aromatic heterocycles. The zero-order valence-corrected chi connectivity index (χ0v) is 11.0. The lowest BCUT2D eigenvalue weighted by molar-refractivity contribution is 0.256. The number of rotatable bonds is 7. The largest absolute Gasteiger partial charge is 0.395 e. The van der Waals surface area contributed by atoms with E-state index >= 15 is 0 Å². The zero-order valence-electron chi connectivity index (χ0n) is 10.0. The lowest BCUT2D eigenvalue weighted by Gasteiger charge is -2.24. The first-order chi connectivity index (χ1) is 6.67. The highest BCUT2D eigenvalue weighted by Gasteiger charge is 2.29. The van der Waals surface area contributed by atoms with Gasteiger partial charge in [0.2, 0.25) is 0 Å². The topological polar surface area (TPSA) is 21.7 Å². The van der Waals surface area contributed by atoms with E-state index in [0.29, 0.717) is 0 Å². The van der Waals surface area contributed by atoms with E-state index in [2.05, 4.69) is 37.6 Å². The van der Waals surface area contributed by atoms with E-state index in [-0.39, 0.29) is 0 Å². The van der Waals surface area contributed by atoms with Crippen LogP contribution in [0.1, 0.15) is 20.8 Å². The number of hydrogen-bond donors (Lipinski definition) is 0. The Morgan fingerprint density at radius 1 is 1.07 bits per heavy atom. The minimum Gasteiger partial charge on any atom is -0.395 e. The lowest BCUT2D eigenvalue weighted by Crippen LogP contribution is -2.37. The van der Waals surface area contributed by atoms with Gasteiger partial charge in [-0.15, -0.1) is 0 Å². The van der Waals surface area contributed by atoms with Crippen LogP contribution >= 0.6 is 0 Å². The Kier molecular flexibility index (Phi) is 6.87. The van der Waals surface area contributed by atoms with Crippen molar-refractivity contribution in [2.45, 2.75) is 26.8 Å². The molecule has 4 heteroatoms. The number of nitrogens with zero attached hydrogens (tertiary/aromatic N) is 1. The highest BCUT2D eigenvalue weighted by Crippen LogP contribution is 2.12. The summed E-state index contributed by atoms with van der Waals surface area (Å²) in [6, 6.07) is 0.942. The fourth-order valence-electron chi connectivity index (χ4n) is 1.28. The Morgan fingerprint density at radius 3 is 1.86 bits per heavy atom. The van der Waals surface area contributed by atoms with Crippen molar-refractivity contribution in [2.75, 3.05) is 27.3 Å². The van der Waals surface area contributed by atoms with Crippen molar-refractivity contribution in [2.24, 2.45) is 0 Å². The van der Waals surface area contributed by atoms with Crippen molar-refractivity contribution in [3.63, 3.8) is 0 Å². The molecule has 0 aromatic carbocycles. The van der Waals surface area contributed by atoms with Gasteiger partial charge in [-0.3, -0.25) is 0 Å². The van der Waals surface area contributed by atoms with E-state index in [1.807, 2.05) is 0 Å². The molecule has 0 aliphatic rings. The summed E-state index contributed by atoms with van der Waals surface area (Å²) >= 11 is 0. The van der Waals surface area contributed by atoms with Crippen LogP contribution in [0.25, 0.3) is 0 Å². The van der Waals surface area contributed by atoms with Crippen molar-refractivity contribution in [1.82, 2.24) is 4.90 Å². The molecule has 84 valence electrons. The molecule has 0 bridgehead atoms. The number of hydrogen-bond acceptors (Lipinski definition) is 3. The summed E-state index contributed by atoms with van der Waals surface area (Å²) in [6.45, 7) is 8.43. The molecule has 0 aliphatic carbocycles. The molecule has 0 saturated carbocycles. The van der Waals surface area contributed by atoms with E-state index in [4.69, 9.17) is 8.85 Å². The molecule has 0 aromatic rings. The zero-order chi connectivity index (χ0) is 11.0. The van der Waals surface area contributed by atoms with Crippen molar-refractivity contribution in [3.8, 4) is 0 Å². The van der Waals surface area contributed by atoms with E-state index in [9.17, 15) is 0 Å². The maximum absolute atomic E-state index is 5.48. The third-order valence-electron chi connectivity index (χ3n) is 2.54. The fraction of sp³-hybridized carbons (Fsp3) is 0.800. The molecule has 14 heavy (non-hydrogen) atoms. The predicted molar refractivity (Wildman–Crippen MR) is 62.3 cm³/mol. The Labute approximate surface area is 88.9 Å². The Morgan fingerprint density at radius 2 is 1.57 bits per heavy atom. The lowest BCUT2D eigenvalue weighted by atomic mass is 10.5. The van der Waals surface area contributed by atoms with Gasteiger partial charge in [-0.25, -0.2) is 0 Å². The smallest absolute Gasteiger partial charge is 0.365 e. The average Bonchev–Trinajstić information content (AvgIpc) is 2.26. The first kappa shape index (κ1) is 13.7. The summed E-state index contributed by atoms with van der Waals surface area (Å²) in [5, 5.41) is 0. The van der Waals surface area contributed by atoms with Crippen LogP contribution in [0.2, 0.25) is 6.04 Å². The van der Waals surface area contributed by atoms with Gasteiger partial charge < -0.3 is 13.8 Å². The second kappa shape index (κ2) is 7.03. The van der Waals surface area contributed by atoms with Gasteiger partial charge in [-0.1, -0.05) is 6.92 Å². The summed E-state index contributed by atoms with van der Waals surface area (Å²) in [5.41, 5.74) is 2.11. The van der Waals surface area contributed by atoms with Crippen molar-refractivity contribution < 1.29 is 8.85 Å². The summed E-state index contributed by atoms with van der Waals surface area (Å²) in [4.78, 5) is 2.23. The summed E-state index contributed by atoms with van der Waals surface area (Å²) in [6.07, 6.45) is 2.10. The molecule has 0 aliphatic heterocycles. The van der Waals surface area contributed by atoms with Crippen LogP contribution in [-0.4, -0.2) is 40.8 Å². The Hall–Kier alpha value is -0.323. The second-order valence-electron chi connectivity index (χ2n) is 3.11. The predicted octanol–water partition coefficient (Wildman–Crippen LogP) is 2.14. The molecule has 0 rings (SSSR count). The van der Waals surface area contributed by atoms with Gasteiger partial charge in [0.1, 0.15) is 0 Å². The molecule has 0 atom stereocenters. The van der Waals surface area contributed by atoms with E-state index in [1.165, 1.54) is 0 Å². The van der Waals surface area contributed by atoms with Crippen molar-refractivity contribution in [3.05, 3.63) is 11.9 Å². The van der Waals surface area contributed by atoms with Gasteiger partial charge in [0.15, 0.2) is 0 Å². The van der Waals surface area contributed by atoms with E-state index in [0.717, 1.165) is 19.1 Å². The maximum Gasteiger partial charge on any atom is 0.365 e. The molecule has 0 radical (unpaired) electrons. The molecular weight excluding hydrogens is 194 g/mol.